The molecule has 0 spiro atoms. The number of ether oxygens (including phenoxy) is 1. The van der Waals surface area contributed by atoms with Crippen LogP contribution in [0.4, 0.5) is 5.69 Å². The number of aromatic carboxylic acids is 1. The summed E-state index contributed by atoms with van der Waals surface area (Å²) in [6.45, 7) is 0.439. The third-order valence-corrected chi connectivity index (χ3v) is 5.42. The Morgan fingerprint density at radius 3 is 2.47 bits per heavy atom. The number of halogens is 2. The molecule has 0 unspecified atom stereocenters. The fourth-order valence-corrected chi connectivity index (χ4v) is 3.74. The Morgan fingerprint density at radius 1 is 0.969 bits per heavy atom. The first-order chi connectivity index (χ1) is 15.4. The van der Waals surface area contributed by atoms with Crippen LogP contribution in [0.15, 0.2) is 72.9 Å². The summed E-state index contributed by atoms with van der Waals surface area (Å²) in [4.78, 5) is 23.2. The fourth-order valence-electron chi connectivity index (χ4n) is 3.28. The van der Waals surface area contributed by atoms with Gasteiger partial charge in [0.1, 0.15) is 5.75 Å². The molecular formula is C24H18Cl2N2O4. The summed E-state index contributed by atoms with van der Waals surface area (Å²) in [7, 11) is 0. The van der Waals surface area contributed by atoms with Crippen LogP contribution in [0, 0.1) is 0 Å². The lowest BCUT2D eigenvalue weighted by Gasteiger charge is -2.10. The molecule has 2 N–H and O–H groups in total. The molecule has 4 rings (SSSR count). The molecule has 8 heteroatoms. The first-order valence-corrected chi connectivity index (χ1v) is 10.4. The van der Waals surface area contributed by atoms with Crippen LogP contribution < -0.4 is 10.1 Å². The summed E-state index contributed by atoms with van der Waals surface area (Å²) in [5.74, 6) is -0.712. The minimum absolute atomic E-state index is 0.166. The Hall–Kier alpha value is -3.48. The van der Waals surface area contributed by atoms with Crippen molar-refractivity contribution in [2.75, 3.05) is 11.9 Å². The average molecular weight is 469 g/mol. The topological polar surface area (TPSA) is 80.6 Å². The summed E-state index contributed by atoms with van der Waals surface area (Å²) in [6.07, 6.45) is 1.95. The maximum absolute atomic E-state index is 12.2. The number of carbonyl (C=O) groups excluding carboxylic acids is 1. The van der Waals surface area contributed by atoms with Crippen molar-refractivity contribution in [3.63, 3.8) is 0 Å². The zero-order valence-electron chi connectivity index (χ0n) is 16.7. The lowest BCUT2D eigenvalue weighted by Crippen LogP contribution is -2.20. The number of nitrogens with one attached hydrogen (secondary N) is 1. The van der Waals surface area contributed by atoms with E-state index in [0.29, 0.717) is 28.0 Å². The van der Waals surface area contributed by atoms with Gasteiger partial charge in [-0.2, -0.15) is 0 Å². The van der Waals surface area contributed by atoms with E-state index in [1.54, 1.807) is 48.5 Å². The van der Waals surface area contributed by atoms with E-state index >= 15 is 0 Å². The number of amides is 1. The monoisotopic (exact) mass is 468 g/mol. The quantitative estimate of drug-likeness (QED) is 0.363. The SMILES string of the molecule is O=C(COc1ccc2c(ccn2Cc2ccc(C(=O)O)cc2)c1)Nc1ccc(Cl)cc1Cl. The van der Waals surface area contributed by atoms with Crippen LogP contribution in [-0.4, -0.2) is 28.2 Å². The molecule has 0 atom stereocenters. The highest BCUT2D eigenvalue weighted by atomic mass is 35.5. The molecule has 6 nitrogen and oxygen atoms in total. The molecule has 1 heterocycles. The van der Waals surface area contributed by atoms with Gasteiger partial charge in [-0.25, -0.2) is 4.79 Å². The van der Waals surface area contributed by atoms with Gasteiger partial charge in [-0.05, 0) is 60.2 Å². The van der Waals surface area contributed by atoms with Gasteiger partial charge in [0.05, 0.1) is 16.3 Å². The van der Waals surface area contributed by atoms with Crippen molar-refractivity contribution in [2.24, 2.45) is 0 Å². The number of carboxylic acid groups (broad SMARTS) is 1. The molecule has 162 valence electrons. The fraction of sp³-hybridized carbons (Fsp3) is 0.0833. The second kappa shape index (κ2) is 9.34. The number of carbonyl (C=O) groups is 2. The summed E-state index contributed by atoms with van der Waals surface area (Å²) in [6, 6.07) is 19.2. The second-order valence-corrected chi connectivity index (χ2v) is 7.97. The number of hydrogen-bond donors (Lipinski definition) is 2. The van der Waals surface area contributed by atoms with Gasteiger partial charge >= 0.3 is 5.97 Å². The van der Waals surface area contributed by atoms with Gasteiger partial charge in [0, 0.05) is 28.7 Å². The Bertz CT molecular complexity index is 1300. The van der Waals surface area contributed by atoms with E-state index in [1.807, 2.05) is 24.4 Å². The minimum Gasteiger partial charge on any atom is -0.484 e. The van der Waals surface area contributed by atoms with Crippen molar-refractivity contribution in [3.8, 4) is 5.75 Å². The molecule has 0 radical (unpaired) electrons. The Kier molecular flexibility index (Phi) is 6.35. The summed E-state index contributed by atoms with van der Waals surface area (Å²) < 4.78 is 7.69. The maximum Gasteiger partial charge on any atom is 0.335 e. The van der Waals surface area contributed by atoms with Crippen LogP contribution in [0.1, 0.15) is 15.9 Å². The predicted molar refractivity (Wildman–Crippen MR) is 125 cm³/mol. The molecule has 32 heavy (non-hydrogen) atoms. The first-order valence-electron chi connectivity index (χ1n) is 9.68. The zero-order valence-corrected chi connectivity index (χ0v) is 18.2. The van der Waals surface area contributed by atoms with Crippen molar-refractivity contribution < 1.29 is 19.4 Å². The van der Waals surface area contributed by atoms with Crippen molar-refractivity contribution in [2.45, 2.75) is 6.54 Å². The van der Waals surface area contributed by atoms with Crippen LogP contribution in [0.3, 0.4) is 0 Å². The maximum atomic E-state index is 12.2. The average Bonchev–Trinajstić information content (AvgIpc) is 3.16. The Morgan fingerprint density at radius 2 is 1.75 bits per heavy atom. The van der Waals surface area contributed by atoms with Crippen LogP contribution in [0.2, 0.25) is 10.0 Å². The minimum atomic E-state index is -0.944. The van der Waals surface area contributed by atoms with E-state index < -0.39 is 5.97 Å². The number of nitrogens with zero attached hydrogens (tertiary/aromatic N) is 1. The van der Waals surface area contributed by atoms with E-state index in [9.17, 15) is 9.59 Å². The molecule has 0 saturated carbocycles. The van der Waals surface area contributed by atoms with Gasteiger partial charge < -0.3 is 19.7 Å². The standard InChI is InChI=1S/C24H18Cl2N2O4/c25-18-5-7-21(20(26)12-18)27-23(29)14-32-19-6-8-22-17(11-19)9-10-28(22)13-15-1-3-16(4-2-15)24(30)31/h1-12H,13-14H2,(H,27,29)(H,30,31). The molecule has 0 saturated heterocycles. The molecule has 0 aliphatic carbocycles. The van der Waals surface area contributed by atoms with Crippen LogP contribution in [-0.2, 0) is 11.3 Å². The number of carboxylic acids is 1. The normalized spacial score (nSPS) is 10.8. The number of rotatable bonds is 7. The predicted octanol–water partition coefficient (Wildman–Crippen LogP) is 5.71. The van der Waals surface area contributed by atoms with E-state index in [0.717, 1.165) is 16.5 Å². The second-order valence-electron chi connectivity index (χ2n) is 7.13. The molecule has 4 aromatic rings. The van der Waals surface area contributed by atoms with Gasteiger partial charge in [-0.15, -0.1) is 0 Å². The lowest BCUT2D eigenvalue weighted by atomic mass is 10.1. The molecule has 0 aliphatic heterocycles. The van der Waals surface area contributed by atoms with Crippen LogP contribution >= 0.6 is 23.2 Å². The van der Waals surface area contributed by atoms with Crippen molar-refractivity contribution in [1.29, 1.82) is 0 Å². The third-order valence-electron chi connectivity index (χ3n) is 4.87. The van der Waals surface area contributed by atoms with Crippen LogP contribution in [0.25, 0.3) is 10.9 Å². The summed E-state index contributed by atoms with van der Waals surface area (Å²) in [5, 5.41) is 13.5. The molecule has 0 bridgehead atoms. The largest absolute Gasteiger partial charge is 0.484 e. The van der Waals surface area contributed by atoms with E-state index in [1.165, 1.54) is 0 Å². The van der Waals surface area contributed by atoms with E-state index in [-0.39, 0.29) is 18.1 Å². The van der Waals surface area contributed by atoms with Gasteiger partial charge in [-0.1, -0.05) is 35.3 Å². The van der Waals surface area contributed by atoms with E-state index in [4.69, 9.17) is 33.0 Å². The highest BCUT2D eigenvalue weighted by molar-refractivity contribution is 6.36. The van der Waals surface area contributed by atoms with Gasteiger partial charge in [0.2, 0.25) is 0 Å². The summed E-state index contributed by atoms with van der Waals surface area (Å²) >= 11 is 11.9. The van der Waals surface area contributed by atoms with Crippen molar-refractivity contribution in [1.82, 2.24) is 4.57 Å². The summed E-state index contributed by atoms with van der Waals surface area (Å²) in [5.41, 5.74) is 2.71. The highest BCUT2D eigenvalue weighted by Gasteiger charge is 2.09. The molecule has 1 amide bonds. The number of hydrogen-bond acceptors (Lipinski definition) is 3. The first kappa shape index (κ1) is 21.7. The molecule has 0 fully saturated rings. The van der Waals surface area contributed by atoms with Gasteiger partial charge in [0.25, 0.3) is 5.91 Å². The lowest BCUT2D eigenvalue weighted by molar-refractivity contribution is -0.118. The van der Waals surface area contributed by atoms with Crippen molar-refractivity contribution >= 4 is 51.7 Å². The Balaban J connectivity index is 1.40. The molecule has 3 aromatic carbocycles. The van der Waals surface area contributed by atoms with E-state index in [2.05, 4.69) is 9.88 Å². The molecule has 0 aliphatic rings. The molecule has 1 aromatic heterocycles. The number of benzene rings is 3. The highest BCUT2D eigenvalue weighted by Crippen LogP contribution is 2.26. The van der Waals surface area contributed by atoms with Crippen molar-refractivity contribution in [3.05, 3.63) is 94.1 Å². The smallest absolute Gasteiger partial charge is 0.335 e. The number of fused-ring (bicyclic) bond motifs is 1. The van der Waals surface area contributed by atoms with Gasteiger partial charge in [0.15, 0.2) is 6.61 Å². The van der Waals surface area contributed by atoms with Crippen LogP contribution in [0.5, 0.6) is 5.75 Å². The Labute approximate surface area is 193 Å². The zero-order chi connectivity index (χ0) is 22.7. The number of anilines is 1. The third kappa shape index (κ3) is 5.04. The molecular weight excluding hydrogens is 451 g/mol. The number of aromatic nitrogens is 1. The van der Waals surface area contributed by atoms with Gasteiger partial charge in [-0.3, -0.25) is 4.79 Å².